The van der Waals surface area contributed by atoms with Crippen molar-refractivity contribution in [3.63, 3.8) is 0 Å². The standard InChI is InChI=1S/C23H28N4O3/c28-19-4-2-8-26(15-19)22(29)20-5-6-21-18-9-17(13-27(21)23(20)30)12-25(14-18)11-16-3-1-7-24-10-16/h1,3,5-7,10,17-19,28H,2,4,8-9,11-15H2/t17-,18+,19-/m0/s1. The van der Waals surface area contributed by atoms with E-state index in [0.29, 0.717) is 37.9 Å². The lowest BCUT2D eigenvalue weighted by Gasteiger charge is -2.43. The maximum Gasteiger partial charge on any atom is 0.263 e. The van der Waals surface area contributed by atoms with Crippen LogP contribution in [0.4, 0.5) is 0 Å². The van der Waals surface area contributed by atoms with Gasteiger partial charge in [-0.15, -0.1) is 0 Å². The topological polar surface area (TPSA) is 78.7 Å². The van der Waals surface area contributed by atoms with Crippen molar-refractivity contribution in [3.05, 3.63) is 63.8 Å². The summed E-state index contributed by atoms with van der Waals surface area (Å²) < 4.78 is 1.84. The fourth-order valence-electron chi connectivity index (χ4n) is 5.40. The largest absolute Gasteiger partial charge is 0.391 e. The molecule has 0 spiro atoms. The third-order valence-corrected chi connectivity index (χ3v) is 6.72. The number of aromatic nitrogens is 2. The second-order valence-electron chi connectivity index (χ2n) is 8.99. The van der Waals surface area contributed by atoms with E-state index < -0.39 is 6.10 Å². The van der Waals surface area contributed by atoms with Gasteiger partial charge < -0.3 is 14.6 Å². The molecule has 2 aromatic rings. The number of amides is 1. The van der Waals surface area contributed by atoms with Crippen LogP contribution in [-0.2, 0) is 13.1 Å². The summed E-state index contributed by atoms with van der Waals surface area (Å²) in [6, 6.07) is 7.75. The molecule has 5 heterocycles. The summed E-state index contributed by atoms with van der Waals surface area (Å²) >= 11 is 0. The number of piperidine rings is 2. The zero-order valence-corrected chi connectivity index (χ0v) is 17.1. The van der Waals surface area contributed by atoms with E-state index in [4.69, 9.17) is 0 Å². The molecule has 0 saturated carbocycles. The fourth-order valence-corrected chi connectivity index (χ4v) is 5.40. The number of aliphatic hydroxyl groups excluding tert-OH is 1. The van der Waals surface area contributed by atoms with Crippen molar-refractivity contribution in [2.24, 2.45) is 5.92 Å². The maximum atomic E-state index is 13.2. The molecule has 3 atom stereocenters. The van der Waals surface area contributed by atoms with Crippen LogP contribution < -0.4 is 5.56 Å². The molecule has 2 fully saturated rings. The number of carbonyl (C=O) groups excluding carboxylic acids is 1. The molecule has 0 radical (unpaired) electrons. The first-order valence-electron chi connectivity index (χ1n) is 10.9. The minimum absolute atomic E-state index is 0.173. The molecule has 1 N–H and O–H groups in total. The molecule has 7 nitrogen and oxygen atoms in total. The second-order valence-corrected chi connectivity index (χ2v) is 8.99. The van der Waals surface area contributed by atoms with Gasteiger partial charge in [-0.1, -0.05) is 6.07 Å². The van der Waals surface area contributed by atoms with E-state index in [1.165, 1.54) is 5.56 Å². The van der Waals surface area contributed by atoms with Gasteiger partial charge in [0.1, 0.15) is 5.56 Å². The summed E-state index contributed by atoms with van der Waals surface area (Å²) in [6.07, 6.45) is 5.79. The smallest absolute Gasteiger partial charge is 0.263 e. The van der Waals surface area contributed by atoms with E-state index in [0.717, 1.165) is 38.2 Å². The number of nitrogens with zero attached hydrogens (tertiary/aromatic N) is 4. The quantitative estimate of drug-likeness (QED) is 0.832. The Morgan fingerprint density at radius 1 is 1.17 bits per heavy atom. The van der Waals surface area contributed by atoms with Gasteiger partial charge in [-0.05, 0) is 48.9 Å². The van der Waals surface area contributed by atoms with E-state index in [9.17, 15) is 14.7 Å². The van der Waals surface area contributed by atoms with Crippen molar-refractivity contribution < 1.29 is 9.90 Å². The summed E-state index contributed by atoms with van der Waals surface area (Å²) in [4.78, 5) is 34.4. The highest BCUT2D eigenvalue weighted by Gasteiger charge is 2.36. The first-order valence-corrected chi connectivity index (χ1v) is 10.9. The average molecular weight is 409 g/mol. The van der Waals surface area contributed by atoms with Gasteiger partial charge in [0.2, 0.25) is 0 Å². The van der Waals surface area contributed by atoms with Crippen molar-refractivity contribution in [2.75, 3.05) is 26.2 Å². The highest BCUT2D eigenvalue weighted by atomic mass is 16.3. The molecule has 5 rings (SSSR count). The van der Waals surface area contributed by atoms with Crippen LogP contribution in [0.3, 0.4) is 0 Å². The molecular weight excluding hydrogens is 380 g/mol. The van der Waals surface area contributed by atoms with Crippen molar-refractivity contribution in [1.82, 2.24) is 19.4 Å². The van der Waals surface area contributed by atoms with Crippen molar-refractivity contribution in [3.8, 4) is 0 Å². The minimum atomic E-state index is -0.492. The monoisotopic (exact) mass is 408 g/mol. The van der Waals surface area contributed by atoms with E-state index in [1.807, 2.05) is 22.9 Å². The number of likely N-dealkylation sites (tertiary alicyclic amines) is 2. The highest BCUT2D eigenvalue weighted by molar-refractivity contribution is 5.94. The highest BCUT2D eigenvalue weighted by Crippen LogP contribution is 2.35. The van der Waals surface area contributed by atoms with Crippen LogP contribution >= 0.6 is 0 Å². The first-order chi connectivity index (χ1) is 14.6. The van der Waals surface area contributed by atoms with E-state index in [1.54, 1.807) is 17.2 Å². The molecule has 0 aliphatic carbocycles. The summed E-state index contributed by atoms with van der Waals surface area (Å²) in [5.41, 5.74) is 2.31. The second kappa shape index (κ2) is 7.96. The summed E-state index contributed by atoms with van der Waals surface area (Å²) in [5.74, 6) is 0.471. The lowest BCUT2D eigenvalue weighted by molar-refractivity contribution is 0.0470. The molecular formula is C23H28N4O3. The van der Waals surface area contributed by atoms with Crippen LogP contribution in [0.2, 0.25) is 0 Å². The lowest BCUT2D eigenvalue weighted by atomic mass is 9.82. The Labute approximate surface area is 176 Å². The number of carbonyl (C=O) groups is 1. The number of pyridine rings is 2. The zero-order valence-electron chi connectivity index (χ0n) is 17.1. The molecule has 0 aromatic carbocycles. The van der Waals surface area contributed by atoms with Crippen molar-refractivity contribution >= 4 is 5.91 Å². The van der Waals surface area contributed by atoms with Gasteiger partial charge in [-0.25, -0.2) is 0 Å². The van der Waals surface area contributed by atoms with Crippen LogP contribution in [0.5, 0.6) is 0 Å². The van der Waals surface area contributed by atoms with Crippen molar-refractivity contribution in [2.45, 2.75) is 44.4 Å². The predicted octanol–water partition coefficient (Wildman–Crippen LogP) is 1.46. The SMILES string of the molecule is O=C(c1ccc2n(c1=O)C[C@H]1C[C@@H]2CN(Cc2cccnc2)C1)N1CCC[C@H](O)C1. The molecule has 30 heavy (non-hydrogen) atoms. The summed E-state index contributed by atoms with van der Waals surface area (Å²) in [6.45, 7) is 4.32. The average Bonchev–Trinajstić information content (AvgIpc) is 2.75. The molecule has 2 saturated heterocycles. The van der Waals surface area contributed by atoms with Gasteiger partial charge in [0, 0.05) is 63.3 Å². The van der Waals surface area contributed by atoms with Gasteiger partial charge in [-0.3, -0.25) is 19.5 Å². The van der Waals surface area contributed by atoms with E-state index in [-0.39, 0.29) is 17.0 Å². The number of β-amino-alcohol motifs (C(OH)–C–C–N with tert-alkyl or cyclic N) is 1. The van der Waals surface area contributed by atoms with E-state index in [2.05, 4.69) is 16.0 Å². The Bertz CT molecular complexity index is 990. The molecule has 2 aromatic heterocycles. The molecule has 2 bridgehead atoms. The van der Waals surface area contributed by atoms with Crippen LogP contribution in [-0.4, -0.2) is 62.6 Å². The molecule has 7 heteroatoms. The minimum Gasteiger partial charge on any atom is -0.391 e. The molecule has 3 aliphatic rings. The lowest BCUT2D eigenvalue weighted by Crippen LogP contribution is -2.48. The van der Waals surface area contributed by atoms with Crippen LogP contribution in [0.1, 0.15) is 46.8 Å². The molecule has 0 unspecified atom stereocenters. The Morgan fingerprint density at radius 3 is 2.87 bits per heavy atom. The van der Waals surface area contributed by atoms with Crippen LogP contribution in [0.25, 0.3) is 0 Å². The molecule has 1 amide bonds. The number of hydrogen-bond donors (Lipinski definition) is 1. The Morgan fingerprint density at radius 2 is 2.07 bits per heavy atom. The third-order valence-electron chi connectivity index (χ3n) is 6.72. The van der Waals surface area contributed by atoms with Crippen LogP contribution in [0, 0.1) is 5.92 Å². The molecule has 3 aliphatic heterocycles. The fraction of sp³-hybridized carbons (Fsp3) is 0.522. The number of hydrogen-bond acceptors (Lipinski definition) is 5. The first kappa shape index (κ1) is 19.5. The van der Waals surface area contributed by atoms with Crippen molar-refractivity contribution in [1.29, 1.82) is 0 Å². The summed E-state index contributed by atoms with van der Waals surface area (Å²) in [5, 5.41) is 9.89. The third kappa shape index (κ3) is 3.68. The molecule has 158 valence electrons. The Kier molecular flexibility index (Phi) is 5.16. The number of aliphatic hydroxyl groups is 1. The maximum absolute atomic E-state index is 13.2. The van der Waals surface area contributed by atoms with Gasteiger partial charge in [0.15, 0.2) is 0 Å². The number of fused-ring (bicyclic) bond motifs is 4. The normalized spacial score (nSPS) is 26.3. The number of rotatable bonds is 3. The van der Waals surface area contributed by atoms with Gasteiger partial charge in [-0.2, -0.15) is 0 Å². The Balaban J connectivity index is 1.37. The van der Waals surface area contributed by atoms with Crippen LogP contribution in [0.15, 0.2) is 41.5 Å². The van der Waals surface area contributed by atoms with Gasteiger partial charge in [0.05, 0.1) is 6.10 Å². The van der Waals surface area contributed by atoms with E-state index >= 15 is 0 Å². The van der Waals surface area contributed by atoms with Gasteiger partial charge >= 0.3 is 0 Å². The summed E-state index contributed by atoms with van der Waals surface area (Å²) in [7, 11) is 0. The Hall–Kier alpha value is -2.51. The zero-order chi connectivity index (χ0) is 20.7. The predicted molar refractivity (Wildman–Crippen MR) is 112 cm³/mol. The van der Waals surface area contributed by atoms with Gasteiger partial charge in [0.25, 0.3) is 11.5 Å².